The molecule has 0 heterocycles. The van der Waals surface area contributed by atoms with Gasteiger partial charge in [-0.05, 0) is 87.1 Å². The molecule has 0 unspecified atom stereocenters. The molecule has 0 aromatic heterocycles. The normalized spacial score (nSPS) is 18.1. The van der Waals surface area contributed by atoms with Crippen LogP contribution < -0.4 is 9.47 Å². The van der Waals surface area contributed by atoms with Crippen molar-refractivity contribution in [2.45, 2.75) is 78.1 Å². The van der Waals surface area contributed by atoms with E-state index in [1.54, 1.807) is 19.1 Å². The van der Waals surface area contributed by atoms with Crippen molar-refractivity contribution in [2.75, 3.05) is 6.61 Å². The van der Waals surface area contributed by atoms with Gasteiger partial charge in [-0.15, -0.1) is 0 Å². The van der Waals surface area contributed by atoms with E-state index in [4.69, 9.17) is 9.47 Å². The van der Waals surface area contributed by atoms with Crippen LogP contribution in [0.15, 0.2) is 48.6 Å². The van der Waals surface area contributed by atoms with E-state index in [1.165, 1.54) is 63.5 Å². The molecule has 5 heteroatoms. The zero-order chi connectivity index (χ0) is 25.0. The number of hydrogen-bond acceptors (Lipinski definition) is 3. The zero-order valence-electron chi connectivity index (χ0n) is 21.0. The van der Waals surface area contributed by atoms with Gasteiger partial charge >= 0.3 is 5.97 Å². The van der Waals surface area contributed by atoms with Gasteiger partial charge in [0.2, 0.25) is 11.6 Å². The standard InChI is InChI=1S/C30H38F2O3/c1-3-5-6-9-22-12-14-23(15-13-22)10-7-8-11-24-16-18-25(19-17-24)30(33)35-27-21-20-26(34-4-2)28(31)29(27)32/h7,10,16-23H,3-6,8-9,11-15H2,1-2H3. The van der Waals surface area contributed by atoms with Crippen molar-refractivity contribution in [3.05, 3.63) is 71.3 Å². The molecule has 2 aromatic rings. The van der Waals surface area contributed by atoms with Crippen LogP contribution in [0.3, 0.4) is 0 Å². The van der Waals surface area contributed by atoms with Gasteiger partial charge < -0.3 is 9.47 Å². The Morgan fingerprint density at radius 1 is 0.943 bits per heavy atom. The van der Waals surface area contributed by atoms with Crippen molar-refractivity contribution in [2.24, 2.45) is 11.8 Å². The van der Waals surface area contributed by atoms with E-state index in [1.807, 2.05) is 12.1 Å². The SMILES string of the molecule is CCCCCC1CCC(C=CCCc2ccc(C(=O)Oc3ccc(OCC)c(F)c3F)cc2)CC1. The number of hydrogen-bond donors (Lipinski definition) is 0. The monoisotopic (exact) mass is 484 g/mol. The largest absolute Gasteiger partial charge is 0.491 e. The minimum absolute atomic E-state index is 0.206. The van der Waals surface area contributed by atoms with E-state index in [-0.39, 0.29) is 17.9 Å². The number of carbonyl (C=O) groups excluding carboxylic acids is 1. The van der Waals surface area contributed by atoms with Crippen molar-refractivity contribution in [1.82, 2.24) is 0 Å². The molecule has 1 aliphatic rings. The van der Waals surface area contributed by atoms with Crippen LogP contribution in [0.1, 0.15) is 87.6 Å². The fourth-order valence-electron chi connectivity index (χ4n) is 4.72. The maximum Gasteiger partial charge on any atom is 0.343 e. The molecule has 0 aliphatic heterocycles. The first-order chi connectivity index (χ1) is 17.0. The van der Waals surface area contributed by atoms with Gasteiger partial charge in [-0.3, -0.25) is 0 Å². The second-order valence-electron chi connectivity index (χ2n) is 9.45. The van der Waals surface area contributed by atoms with Crippen molar-refractivity contribution in [1.29, 1.82) is 0 Å². The lowest BCUT2D eigenvalue weighted by Crippen LogP contribution is -2.13. The van der Waals surface area contributed by atoms with Crippen LogP contribution in [0, 0.1) is 23.5 Å². The molecule has 3 rings (SSSR count). The summed E-state index contributed by atoms with van der Waals surface area (Å²) in [5.74, 6) is -2.16. The number of esters is 1. The van der Waals surface area contributed by atoms with E-state index >= 15 is 0 Å². The van der Waals surface area contributed by atoms with Crippen LogP contribution in [0.2, 0.25) is 0 Å². The molecular weight excluding hydrogens is 446 g/mol. The summed E-state index contributed by atoms with van der Waals surface area (Å²) in [6.45, 7) is 4.14. The smallest absolute Gasteiger partial charge is 0.343 e. The van der Waals surface area contributed by atoms with Gasteiger partial charge in [0.1, 0.15) is 0 Å². The predicted molar refractivity (Wildman–Crippen MR) is 136 cm³/mol. The number of unbranched alkanes of at least 4 members (excludes halogenated alkanes) is 2. The number of rotatable bonds is 12. The third-order valence-corrected chi connectivity index (χ3v) is 6.82. The zero-order valence-corrected chi connectivity index (χ0v) is 21.0. The Morgan fingerprint density at radius 2 is 1.63 bits per heavy atom. The van der Waals surface area contributed by atoms with Gasteiger partial charge in [-0.2, -0.15) is 8.78 Å². The fourth-order valence-corrected chi connectivity index (χ4v) is 4.72. The molecule has 35 heavy (non-hydrogen) atoms. The Morgan fingerprint density at radius 3 is 2.31 bits per heavy atom. The molecule has 0 spiro atoms. The minimum atomic E-state index is -1.24. The quantitative estimate of drug-likeness (QED) is 0.131. The van der Waals surface area contributed by atoms with E-state index in [9.17, 15) is 13.6 Å². The maximum atomic E-state index is 14.2. The van der Waals surface area contributed by atoms with Crippen molar-refractivity contribution < 1.29 is 23.0 Å². The lowest BCUT2D eigenvalue weighted by atomic mass is 9.79. The van der Waals surface area contributed by atoms with Gasteiger partial charge in [0, 0.05) is 0 Å². The summed E-state index contributed by atoms with van der Waals surface area (Å²) in [6, 6.07) is 9.51. The van der Waals surface area contributed by atoms with Gasteiger partial charge in [0.05, 0.1) is 12.2 Å². The van der Waals surface area contributed by atoms with Crippen LogP contribution in [0.25, 0.3) is 0 Å². The molecule has 0 N–H and O–H groups in total. The van der Waals surface area contributed by atoms with Crippen molar-refractivity contribution in [3.63, 3.8) is 0 Å². The molecule has 0 radical (unpaired) electrons. The number of allylic oxidation sites excluding steroid dienone is 2. The average molecular weight is 485 g/mol. The first kappa shape index (κ1) is 26.9. The summed E-state index contributed by atoms with van der Waals surface area (Å²) >= 11 is 0. The molecule has 2 aromatic carbocycles. The molecular formula is C30H38F2O3. The third kappa shape index (κ3) is 8.19. The molecule has 1 saturated carbocycles. The summed E-state index contributed by atoms with van der Waals surface area (Å²) < 4.78 is 38.3. The van der Waals surface area contributed by atoms with E-state index in [0.717, 1.165) is 24.3 Å². The average Bonchev–Trinajstić information content (AvgIpc) is 2.88. The number of aryl methyl sites for hydroxylation is 1. The number of halogens is 2. The lowest BCUT2D eigenvalue weighted by Gasteiger charge is -2.26. The first-order valence-electron chi connectivity index (χ1n) is 13.1. The Hall–Kier alpha value is -2.69. The highest BCUT2D eigenvalue weighted by molar-refractivity contribution is 5.91. The Labute approximate surface area is 208 Å². The minimum Gasteiger partial charge on any atom is -0.491 e. The Kier molecular flexibility index (Phi) is 10.8. The van der Waals surface area contributed by atoms with Gasteiger partial charge in [-0.25, -0.2) is 4.79 Å². The molecule has 1 aliphatic carbocycles. The molecule has 0 saturated heterocycles. The van der Waals surface area contributed by atoms with Crippen molar-refractivity contribution >= 4 is 5.97 Å². The van der Waals surface area contributed by atoms with E-state index in [2.05, 4.69) is 19.1 Å². The highest BCUT2D eigenvalue weighted by Gasteiger charge is 2.20. The highest BCUT2D eigenvalue weighted by atomic mass is 19.2. The summed E-state index contributed by atoms with van der Waals surface area (Å²) in [5, 5.41) is 0. The second kappa shape index (κ2) is 14.0. The van der Waals surface area contributed by atoms with Crippen LogP contribution in [-0.4, -0.2) is 12.6 Å². The second-order valence-corrected chi connectivity index (χ2v) is 9.45. The highest BCUT2D eigenvalue weighted by Crippen LogP contribution is 2.33. The summed E-state index contributed by atoms with van der Waals surface area (Å²) in [7, 11) is 0. The maximum absolute atomic E-state index is 14.2. The van der Waals surface area contributed by atoms with Gasteiger partial charge in [-0.1, -0.05) is 56.9 Å². The summed E-state index contributed by atoms with van der Waals surface area (Å²) in [5.41, 5.74) is 1.40. The number of carbonyl (C=O) groups is 1. The molecule has 3 nitrogen and oxygen atoms in total. The third-order valence-electron chi connectivity index (χ3n) is 6.82. The van der Waals surface area contributed by atoms with E-state index < -0.39 is 23.4 Å². The van der Waals surface area contributed by atoms with Gasteiger partial charge in [0.25, 0.3) is 0 Å². The molecule has 0 amide bonds. The number of ether oxygens (including phenoxy) is 2. The first-order valence-corrected chi connectivity index (χ1v) is 13.1. The molecule has 190 valence electrons. The van der Waals surface area contributed by atoms with Crippen LogP contribution in [0.4, 0.5) is 8.78 Å². The predicted octanol–water partition coefficient (Wildman–Crippen LogP) is 8.46. The van der Waals surface area contributed by atoms with Crippen LogP contribution >= 0.6 is 0 Å². The summed E-state index contributed by atoms with van der Waals surface area (Å²) in [4.78, 5) is 12.4. The van der Waals surface area contributed by atoms with E-state index in [0.29, 0.717) is 5.92 Å². The van der Waals surface area contributed by atoms with Crippen molar-refractivity contribution in [3.8, 4) is 11.5 Å². The fraction of sp³-hybridized carbons (Fsp3) is 0.500. The topological polar surface area (TPSA) is 35.5 Å². The summed E-state index contributed by atoms with van der Waals surface area (Å²) in [6.07, 6.45) is 17.3. The molecule has 0 atom stereocenters. The van der Waals surface area contributed by atoms with Gasteiger partial charge in [0.15, 0.2) is 11.5 Å². The lowest BCUT2D eigenvalue weighted by molar-refractivity contribution is 0.0726. The Balaban J connectivity index is 1.42. The van der Waals surface area contributed by atoms with Crippen LogP contribution in [-0.2, 0) is 6.42 Å². The molecule has 1 fully saturated rings. The van der Waals surface area contributed by atoms with Crippen LogP contribution in [0.5, 0.6) is 11.5 Å². The Bertz CT molecular complexity index is 960. The molecule has 0 bridgehead atoms. The number of benzene rings is 2.